The highest BCUT2D eigenvalue weighted by Gasteiger charge is 2.26. The van der Waals surface area contributed by atoms with Crippen LogP contribution in [0.25, 0.3) is 0 Å². The lowest BCUT2D eigenvalue weighted by Crippen LogP contribution is -2.54. The molecule has 3 amide bonds. The molecule has 0 aliphatic rings. The number of carbonyl (C=O) groups is 6. The average molecular weight is 504 g/mol. The topological polar surface area (TPSA) is 251 Å². The highest BCUT2D eigenvalue weighted by molar-refractivity contribution is 5.90. The number of carboxylic acid groups (broad SMARTS) is 3. The lowest BCUT2D eigenvalue weighted by molar-refractivity contribution is -0.142. The molecular weight excluding hydrogens is 466 g/mol. The van der Waals surface area contributed by atoms with E-state index >= 15 is 0 Å². The second kappa shape index (κ2) is 17.2. The summed E-state index contributed by atoms with van der Waals surface area (Å²) in [5, 5.41) is 33.8. The van der Waals surface area contributed by atoms with Gasteiger partial charge < -0.3 is 42.7 Å². The first-order chi connectivity index (χ1) is 16.4. The highest BCUT2D eigenvalue weighted by atomic mass is 16.4. The summed E-state index contributed by atoms with van der Waals surface area (Å²) in [6.07, 6.45) is 1.29. The first-order valence-corrected chi connectivity index (χ1v) is 11.5. The second-order valence-electron chi connectivity index (χ2n) is 8.13. The smallest absolute Gasteiger partial charge is 0.341 e. The number of unbranched alkanes of at least 4 members (excludes halogenated alkanes) is 3. The van der Waals surface area contributed by atoms with E-state index in [9.17, 15) is 33.9 Å². The lowest BCUT2D eigenvalue weighted by Gasteiger charge is -2.21. The molecule has 14 nitrogen and oxygen atoms in total. The van der Waals surface area contributed by atoms with E-state index in [0.717, 1.165) is 19.3 Å². The molecule has 0 saturated carbocycles. The van der Waals surface area contributed by atoms with Gasteiger partial charge in [-0.15, -0.1) is 0 Å². The molecule has 0 rings (SSSR count). The Labute approximate surface area is 203 Å². The molecule has 10 N–H and O–H groups in total. The summed E-state index contributed by atoms with van der Waals surface area (Å²) in [6, 6.07) is -3.75. The molecule has 14 heteroatoms. The number of rotatable bonds is 19. The van der Waals surface area contributed by atoms with Crippen molar-refractivity contribution in [3.63, 3.8) is 0 Å². The normalized spacial score (nSPS) is 14.1. The third kappa shape index (κ3) is 14.6. The van der Waals surface area contributed by atoms with E-state index in [1.165, 1.54) is 0 Å². The third-order valence-corrected chi connectivity index (χ3v) is 5.09. The maximum atomic E-state index is 12.4. The summed E-state index contributed by atoms with van der Waals surface area (Å²) in [4.78, 5) is 69.9. The number of amides is 3. The largest absolute Gasteiger partial charge is 0.480 e. The first kappa shape index (κ1) is 31.7. The number of carboxylic acids is 3. The van der Waals surface area contributed by atoms with Crippen LogP contribution < -0.4 is 27.4 Å². The molecule has 0 aromatic heterocycles. The Kier molecular flexibility index (Phi) is 15.6. The maximum Gasteiger partial charge on any atom is 0.341 e. The second-order valence-corrected chi connectivity index (χ2v) is 8.13. The molecule has 4 atom stereocenters. The number of hydrogen-bond acceptors (Lipinski definition) is 8. The maximum absolute atomic E-state index is 12.4. The molecule has 0 aliphatic carbocycles. The summed E-state index contributed by atoms with van der Waals surface area (Å²) in [5.41, 5.74) is 10.7. The molecule has 0 radical (unpaired) electrons. The Morgan fingerprint density at radius 2 is 1.26 bits per heavy atom. The van der Waals surface area contributed by atoms with E-state index in [2.05, 4.69) is 10.6 Å². The van der Waals surface area contributed by atoms with Gasteiger partial charge in [0, 0.05) is 12.8 Å². The van der Waals surface area contributed by atoms with Crippen LogP contribution in [-0.4, -0.2) is 75.2 Å². The fourth-order valence-corrected chi connectivity index (χ4v) is 3.03. The zero-order valence-electron chi connectivity index (χ0n) is 19.8. The summed E-state index contributed by atoms with van der Waals surface area (Å²) in [7, 11) is 0. The molecule has 0 bridgehead atoms. The van der Waals surface area contributed by atoms with Crippen LogP contribution in [0.3, 0.4) is 0 Å². The fourth-order valence-electron chi connectivity index (χ4n) is 3.03. The van der Waals surface area contributed by atoms with E-state index in [4.69, 9.17) is 21.7 Å². The first-order valence-electron chi connectivity index (χ1n) is 11.5. The molecule has 0 spiro atoms. The van der Waals surface area contributed by atoms with Gasteiger partial charge in [0.15, 0.2) is 6.17 Å². The Morgan fingerprint density at radius 3 is 1.80 bits per heavy atom. The summed E-state index contributed by atoms with van der Waals surface area (Å²) in [6.45, 7) is 2.02. The predicted molar refractivity (Wildman–Crippen MR) is 123 cm³/mol. The molecule has 0 aromatic rings. The Bertz CT molecular complexity index is 747. The highest BCUT2D eigenvalue weighted by Crippen LogP contribution is 2.07. The van der Waals surface area contributed by atoms with Gasteiger partial charge in [-0.3, -0.25) is 19.2 Å². The minimum Gasteiger partial charge on any atom is -0.480 e. The van der Waals surface area contributed by atoms with Crippen molar-refractivity contribution in [3.8, 4) is 0 Å². The van der Waals surface area contributed by atoms with Crippen LogP contribution in [0.5, 0.6) is 0 Å². The molecular formula is C21H37N5O9. The minimum atomic E-state index is -1.73. The fraction of sp³-hybridized carbons (Fsp3) is 0.714. The van der Waals surface area contributed by atoms with Gasteiger partial charge in [0.25, 0.3) is 0 Å². The van der Waals surface area contributed by atoms with Crippen molar-refractivity contribution in [1.82, 2.24) is 16.0 Å². The van der Waals surface area contributed by atoms with E-state index < -0.39 is 59.9 Å². The Balaban J connectivity index is 4.95. The summed E-state index contributed by atoms with van der Waals surface area (Å²) < 4.78 is 0. The van der Waals surface area contributed by atoms with Crippen LogP contribution in [-0.2, 0) is 28.8 Å². The number of nitrogens with two attached hydrogens (primary N) is 2. The molecule has 0 fully saturated rings. The van der Waals surface area contributed by atoms with Gasteiger partial charge in [-0.25, -0.2) is 9.59 Å². The van der Waals surface area contributed by atoms with E-state index in [0.29, 0.717) is 6.42 Å². The quantitative estimate of drug-likeness (QED) is 0.0772. The monoisotopic (exact) mass is 503 g/mol. The molecule has 4 unspecified atom stereocenters. The number of carbonyl (C=O) groups excluding carboxylic acids is 3. The van der Waals surface area contributed by atoms with Crippen LogP contribution >= 0.6 is 0 Å². The Morgan fingerprint density at radius 1 is 0.657 bits per heavy atom. The van der Waals surface area contributed by atoms with Crippen LogP contribution in [0.4, 0.5) is 0 Å². The molecule has 0 aromatic carbocycles. The minimum absolute atomic E-state index is 0.00859. The van der Waals surface area contributed by atoms with Crippen LogP contribution in [0.1, 0.15) is 71.1 Å². The zero-order valence-corrected chi connectivity index (χ0v) is 19.8. The Hall–Kier alpha value is -3.26. The third-order valence-electron chi connectivity index (χ3n) is 5.09. The van der Waals surface area contributed by atoms with Crippen molar-refractivity contribution in [2.45, 2.75) is 95.4 Å². The zero-order chi connectivity index (χ0) is 27.0. The van der Waals surface area contributed by atoms with Crippen molar-refractivity contribution >= 4 is 35.6 Å². The summed E-state index contributed by atoms with van der Waals surface area (Å²) in [5.74, 6) is -6.14. The molecule has 0 saturated heterocycles. The van der Waals surface area contributed by atoms with E-state index in [-0.39, 0.29) is 38.5 Å². The molecule has 0 heterocycles. The van der Waals surface area contributed by atoms with E-state index in [1.807, 2.05) is 12.2 Å². The van der Waals surface area contributed by atoms with Gasteiger partial charge in [-0.1, -0.05) is 26.2 Å². The van der Waals surface area contributed by atoms with E-state index in [1.54, 1.807) is 0 Å². The molecule has 35 heavy (non-hydrogen) atoms. The lowest BCUT2D eigenvalue weighted by atomic mass is 10.0. The average Bonchev–Trinajstić information content (AvgIpc) is 2.78. The number of nitrogens with one attached hydrogen (secondary N) is 3. The standard InChI is InChI=1S/C21H37N5O9/c1-2-3-4-5-9-15(27)25-14(20(32)33)10-11-16(28)24-13(8-6-7-12(22)19(30)31)18(29)26-17(23)21(34)35/h12-14,17H,2-11,22-23H2,1H3,(H,24,28)(H,25,27)(H,26,29)(H,30,31)(H,32,33)(H,34,35). The van der Waals surface area contributed by atoms with Gasteiger partial charge >= 0.3 is 17.9 Å². The number of aliphatic carboxylic acids is 3. The van der Waals surface area contributed by atoms with Crippen molar-refractivity contribution in [2.75, 3.05) is 0 Å². The molecule has 200 valence electrons. The van der Waals surface area contributed by atoms with Crippen molar-refractivity contribution in [2.24, 2.45) is 11.5 Å². The predicted octanol–water partition coefficient (Wildman–Crippen LogP) is -1.14. The van der Waals surface area contributed by atoms with Gasteiger partial charge in [0.1, 0.15) is 18.1 Å². The van der Waals surface area contributed by atoms with Crippen molar-refractivity contribution in [3.05, 3.63) is 0 Å². The van der Waals surface area contributed by atoms with Crippen molar-refractivity contribution < 1.29 is 44.1 Å². The summed E-state index contributed by atoms with van der Waals surface area (Å²) >= 11 is 0. The molecule has 0 aliphatic heterocycles. The van der Waals surface area contributed by atoms with Crippen LogP contribution in [0, 0.1) is 0 Å². The van der Waals surface area contributed by atoms with Crippen molar-refractivity contribution in [1.29, 1.82) is 0 Å². The number of hydrogen-bond donors (Lipinski definition) is 8. The van der Waals surface area contributed by atoms with Gasteiger partial charge in [-0.2, -0.15) is 0 Å². The van der Waals surface area contributed by atoms with Gasteiger partial charge in [-0.05, 0) is 32.1 Å². The van der Waals surface area contributed by atoms with Gasteiger partial charge in [0.2, 0.25) is 17.7 Å². The SMILES string of the molecule is CCCCCCC(=O)NC(CCC(=O)NC(CCCC(N)C(=O)O)C(=O)NC(N)C(=O)O)C(=O)O. The van der Waals surface area contributed by atoms with Crippen LogP contribution in [0.15, 0.2) is 0 Å². The van der Waals surface area contributed by atoms with Crippen LogP contribution in [0.2, 0.25) is 0 Å². The van der Waals surface area contributed by atoms with Gasteiger partial charge in [0.05, 0.1) is 0 Å².